The molecule has 1 aromatic rings. The van der Waals surface area contributed by atoms with Gasteiger partial charge in [-0.1, -0.05) is 25.1 Å². The summed E-state index contributed by atoms with van der Waals surface area (Å²) in [4.78, 5) is 14.4. The molecule has 2 atom stereocenters. The highest BCUT2D eigenvalue weighted by Crippen LogP contribution is 2.31. The maximum absolute atomic E-state index is 12.4. The molecule has 0 fully saturated rings. The van der Waals surface area contributed by atoms with E-state index in [-0.39, 0.29) is 17.9 Å². The third-order valence-electron chi connectivity index (χ3n) is 3.72. The molecule has 0 spiro atoms. The van der Waals surface area contributed by atoms with Gasteiger partial charge < -0.3 is 10.6 Å². The molecule has 1 heterocycles. The van der Waals surface area contributed by atoms with Crippen molar-refractivity contribution in [2.24, 2.45) is 11.7 Å². The van der Waals surface area contributed by atoms with Crippen molar-refractivity contribution in [2.75, 3.05) is 11.4 Å². The average Bonchev–Trinajstić information content (AvgIpc) is 2.38. The van der Waals surface area contributed by atoms with E-state index in [2.05, 4.69) is 19.1 Å². The van der Waals surface area contributed by atoms with E-state index < -0.39 is 0 Å². The number of para-hydroxylation sites is 1. The Morgan fingerprint density at radius 1 is 1.50 bits per heavy atom. The van der Waals surface area contributed by atoms with Gasteiger partial charge in [0.1, 0.15) is 0 Å². The summed E-state index contributed by atoms with van der Waals surface area (Å²) in [5.41, 5.74) is 7.98. The molecule has 0 radical (unpaired) electrons. The van der Waals surface area contributed by atoms with Gasteiger partial charge in [0.25, 0.3) is 0 Å². The van der Waals surface area contributed by atoms with Crippen LogP contribution in [0, 0.1) is 5.92 Å². The van der Waals surface area contributed by atoms with Crippen molar-refractivity contribution < 1.29 is 4.79 Å². The van der Waals surface area contributed by atoms with Gasteiger partial charge in [-0.05, 0) is 43.9 Å². The maximum Gasteiger partial charge on any atom is 0.227 e. The third-order valence-corrected chi connectivity index (χ3v) is 3.72. The van der Waals surface area contributed by atoms with Crippen LogP contribution in [0.15, 0.2) is 24.3 Å². The molecule has 2 unspecified atom stereocenters. The van der Waals surface area contributed by atoms with Crippen LogP contribution in [-0.4, -0.2) is 18.5 Å². The monoisotopic (exact) mass is 246 g/mol. The van der Waals surface area contributed by atoms with Gasteiger partial charge in [0.2, 0.25) is 5.91 Å². The molecule has 3 heteroatoms. The highest BCUT2D eigenvalue weighted by molar-refractivity contribution is 5.95. The molecule has 1 aliphatic heterocycles. The van der Waals surface area contributed by atoms with Crippen LogP contribution in [0.3, 0.4) is 0 Å². The van der Waals surface area contributed by atoms with Crippen molar-refractivity contribution in [3.05, 3.63) is 29.8 Å². The standard InChI is InChI=1S/C15H22N2O/c1-11(10-16)9-15(18)17-12(2)7-8-13-5-3-4-6-14(13)17/h3-6,11-12H,7-10,16H2,1-2H3. The molecule has 0 bridgehead atoms. The minimum absolute atomic E-state index is 0.201. The number of carbonyl (C=O) groups excluding carboxylic acids is 1. The highest BCUT2D eigenvalue weighted by atomic mass is 16.2. The van der Waals surface area contributed by atoms with E-state index >= 15 is 0 Å². The molecule has 1 amide bonds. The normalized spacial score (nSPS) is 20.4. The molecule has 1 aromatic carbocycles. The van der Waals surface area contributed by atoms with Crippen LogP contribution in [0.2, 0.25) is 0 Å². The van der Waals surface area contributed by atoms with Crippen molar-refractivity contribution in [3.8, 4) is 0 Å². The first-order chi connectivity index (χ1) is 8.63. The molecule has 18 heavy (non-hydrogen) atoms. The van der Waals surface area contributed by atoms with Gasteiger partial charge in [0.15, 0.2) is 0 Å². The first kappa shape index (κ1) is 13.1. The van der Waals surface area contributed by atoms with E-state index in [0.717, 1.165) is 18.5 Å². The van der Waals surface area contributed by atoms with Crippen LogP contribution in [0.5, 0.6) is 0 Å². The van der Waals surface area contributed by atoms with Crippen LogP contribution in [0.25, 0.3) is 0 Å². The number of fused-ring (bicyclic) bond motifs is 1. The predicted octanol–water partition coefficient (Wildman–Crippen LogP) is 2.34. The van der Waals surface area contributed by atoms with E-state index in [1.807, 2.05) is 24.0 Å². The number of aryl methyl sites for hydroxylation is 1. The second-order valence-corrected chi connectivity index (χ2v) is 5.33. The zero-order chi connectivity index (χ0) is 13.1. The van der Waals surface area contributed by atoms with Crippen molar-refractivity contribution in [2.45, 2.75) is 39.2 Å². The Kier molecular flexibility index (Phi) is 4.02. The van der Waals surface area contributed by atoms with Gasteiger partial charge in [-0.15, -0.1) is 0 Å². The second-order valence-electron chi connectivity index (χ2n) is 5.33. The minimum atomic E-state index is 0.201. The Bertz CT molecular complexity index is 430. The smallest absolute Gasteiger partial charge is 0.227 e. The van der Waals surface area contributed by atoms with Gasteiger partial charge in [-0.3, -0.25) is 4.79 Å². The number of hydrogen-bond donors (Lipinski definition) is 1. The van der Waals surface area contributed by atoms with Crippen molar-refractivity contribution in [1.29, 1.82) is 0 Å². The van der Waals surface area contributed by atoms with E-state index in [9.17, 15) is 4.79 Å². The Hall–Kier alpha value is -1.35. The number of hydrogen-bond acceptors (Lipinski definition) is 2. The zero-order valence-corrected chi connectivity index (χ0v) is 11.2. The van der Waals surface area contributed by atoms with E-state index in [1.54, 1.807) is 0 Å². The van der Waals surface area contributed by atoms with Crippen LogP contribution >= 0.6 is 0 Å². The Labute approximate surface area is 109 Å². The van der Waals surface area contributed by atoms with Crippen molar-refractivity contribution >= 4 is 11.6 Å². The number of nitrogens with two attached hydrogens (primary N) is 1. The molecule has 98 valence electrons. The first-order valence-corrected chi connectivity index (χ1v) is 6.73. The fraction of sp³-hybridized carbons (Fsp3) is 0.533. The van der Waals surface area contributed by atoms with Gasteiger partial charge >= 0.3 is 0 Å². The Morgan fingerprint density at radius 2 is 2.22 bits per heavy atom. The number of benzene rings is 1. The minimum Gasteiger partial charge on any atom is -0.330 e. The lowest BCUT2D eigenvalue weighted by Crippen LogP contribution is -2.43. The molecular weight excluding hydrogens is 224 g/mol. The van der Waals surface area contributed by atoms with Gasteiger partial charge in [-0.2, -0.15) is 0 Å². The van der Waals surface area contributed by atoms with Crippen molar-refractivity contribution in [3.63, 3.8) is 0 Å². The van der Waals surface area contributed by atoms with Gasteiger partial charge in [0.05, 0.1) is 0 Å². The van der Waals surface area contributed by atoms with E-state index in [0.29, 0.717) is 13.0 Å². The van der Waals surface area contributed by atoms with Crippen molar-refractivity contribution in [1.82, 2.24) is 0 Å². The number of carbonyl (C=O) groups is 1. The Balaban J connectivity index is 2.23. The molecule has 0 saturated carbocycles. The van der Waals surface area contributed by atoms with E-state index in [1.165, 1.54) is 5.56 Å². The lowest BCUT2D eigenvalue weighted by molar-refractivity contribution is -0.119. The molecule has 0 aromatic heterocycles. The summed E-state index contributed by atoms with van der Waals surface area (Å²) in [5, 5.41) is 0. The maximum atomic E-state index is 12.4. The number of rotatable bonds is 3. The summed E-state index contributed by atoms with van der Waals surface area (Å²) in [6.45, 7) is 4.72. The predicted molar refractivity (Wildman–Crippen MR) is 74.5 cm³/mol. The highest BCUT2D eigenvalue weighted by Gasteiger charge is 2.28. The molecule has 2 rings (SSSR count). The summed E-state index contributed by atoms with van der Waals surface area (Å²) in [5.74, 6) is 0.450. The number of anilines is 1. The summed E-state index contributed by atoms with van der Waals surface area (Å²) in [6, 6.07) is 8.50. The summed E-state index contributed by atoms with van der Waals surface area (Å²) in [7, 11) is 0. The average molecular weight is 246 g/mol. The van der Waals surface area contributed by atoms with Crippen LogP contribution in [0.4, 0.5) is 5.69 Å². The second kappa shape index (κ2) is 5.53. The summed E-state index contributed by atoms with van der Waals surface area (Å²) in [6.07, 6.45) is 2.64. The topological polar surface area (TPSA) is 46.3 Å². The van der Waals surface area contributed by atoms with E-state index in [4.69, 9.17) is 5.73 Å². The van der Waals surface area contributed by atoms with Crippen LogP contribution in [-0.2, 0) is 11.2 Å². The van der Waals surface area contributed by atoms with Gasteiger partial charge in [0, 0.05) is 18.2 Å². The molecule has 0 saturated heterocycles. The molecular formula is C15H22N2O. The first-order valence-electron chi connectivity index (χ1n) is 6.73. The Morgan fingerprint density at radius 3 is 2.94 bits per heavy atom. The zero-order valence-electron chi connectivity index (χ0n) is 11.2. The molecule has 3 nitrogen and oxygen atoms in total. The fourth-order valence-electron chi connectivity index (χ4n) is 2.55. The molecule has 2 N–H and O–H groups in total. The van der Waals surface area contributed by atoms with Crippen LogP contribution < -0.4 is 10.6 Å². The lowest BCUT2D eigenvalue weighted by Gasteiger charge is -2.36. The lowest BCUT2D eigenvalue weighted by atomic mass is 9.95. The summed E-state index contributed by atoms with van der Waals surface area (Å²) >= 11 is 0. The molecule has 0 aliphatic carbocycles. The number of nitrogens with zero attached hydrogens (tertiary/aromatic N) is 1. The largest absolute Gasteiger partial charge is 0.330 e. The number of amides is 1. The third kappa shape index (κ3) is 2.56. The SMILES string of the molecule is CC(CN)CC(=O)N1c2ccccc2CCC1C. The van der Waals surface area contributed by atoms with Gasteiger partial charge in [-0.25, -0.2) is 0 Å². The van der Waals surface area contributed by atoms with Crippen LogP contribution in [0.1, 0.15) is 32.3 Å². The fourth-order valence-corrected chi connectivity index (χ4v) is 2.55. The molecule has 1 aliphatic rings. The quantitative estimate of drug-likeness (QED) is 0.889. The summed E-state index contributed by atoms with van der Waals surface area (Å²) < 4.78 is 0.